The molecular formula is C14H17N3O3S. The maximum Gasteiger partial charge on any atom is 0.325 e. The molecule has 3 rings (SSSR count). The lowest BCUT2D eigenvalue weighted by Gasteiger charge is -2.31. The Labute approximate surface area is 126 Å². The van der Waals surface area contributed by atoms with Gasteiger partial charge in [-0.25, -0.2) is 0 Å². The number of aromatic nitrogens is 2. The minimum Gasteiger partial charge on any atom is -0.480 e. The van der Waals surface area contributed by atoms with Crippen molar-refractivity contribution in [1.29, 1.82) is 0 Å². The molecule has 0 amide bonds. The molecule has 21 heavy (non-hydrogen) atoms. The predicted octanol–water partition coefficient (Wildman–Crippen LogP) is 2.27. The van der Waals surface area contributed by atoms with E-state index in [1.165, 1.54) is 0 Å². The smallest absolute Gasteiger partial charge is 0.325 e. The summed E-state index contributed by atoms with van der Waals surface area (Å²) >= 11 is 1.62. The Hall–Kier alpha value is -1.73. The van der Waals surface area contributed by atoms with E-state index in [0.29, 0.717) is 24.8 Å². The van der Waals surface area contributed by atoms with Gasteiger partial charge in [0.15, 0.2) is 5.82 Å². The van der Waals surface area contributed by atoms with Gasteiger partial charge in [0.25, 0.3) is 0 Å². The summed E-state index contributed by atoms with van der Waals surface area (Å²) in [6.07, 6.45) is 2.60. The third kappa shape index (κ3) is 2.84. The summed E-state index contributed by atoms with van der Waals surface area (Å²) in [4.78, 5) is 19.0. The topological polar surface area (TPSA) is 79.5 Å². The maximum atomic E-state index is 11.6. The third-order valence-corrected chi connectivity index (χ3v) is 4.62. The van der Waals surface area contributed by atoms with Gasteiger partial charge in [-0.15, -0.1) is 11.3 Å². The van der Waals surface area contributed by atoms with E-state index in [2.05, 4.69) is 17.1 Å². The lowest BCUT2D eigenvalue weighted by molar-refractivity contribution is -0.144. The molecule has 0 spiro atoms. The highest BCUT2D eigenvalue weighted by molar-refractivity contribution is 7.10. The number of nitrogens with zero attached hydrogens (tertiary/aromatic N) is 3. The molecule has 0 bridgehead atoms. The van der Waals surface area contributed by atoms with E-state index in [-0.39, 0.29) is 0 Å². The first-order chi connectivity index (χ1) is 10.2. The molecule has 1 atom stereocenters. The van der Waals surface area contributed by atoms with Crippen LogP contribution in [-0.2, 0) is 24.2 Å². The zero-order valence-corrected chi connectivity index (χ0v) is 12.6. The zero-order chi connectivity index (χ0) is 14.8. The molecule has 2 aromatic heterocycles. The largest absolute Gasteiger partial charge is 0.480 e. The van der Waals surface area contributed by atoms with Crippen molar-refractivity contribution >= 4 is 17.3 Å². The van der Waals surface area contributed by atoms with Crippen LogP contribution in [0.15, 0.2) is 16.0 Å². The molecule has 0 aromatic carbocycles. The Morgan fingerprint density at radius 2 is 2.48 bits per heavy atom. The summed E-state index contributed by atoms with van der Waals surface area (Å²) in [5, 5.41) is 15.4. The fourth-order valence-electron chi connectivity index (χ4n) is 2.68. The van der Waals surface area contributed by atoms with Crippen molar-refractivity contribution in [3.8, 4) is 0 Å². The quantitative estimate of drug-likeness (QED) is 0.913. The van der Waals surface area contributed by atoms with Crippen LogP contribution in [0.3, 0.4) is 0 Å². The van der Waals surface area contributed by atoms with Crippen LogP contribution in [0.5, 0.6) is 0 Å². The van der Waals surface area contributed by atoms with Crippen molar-refractivity contribution in [1.82, 2.24) is 15.0 Å². The minimum atomic E-state index is -0.831. The predicted molar refractivity (Wildman–Crippen MR) is 77.1 cm³/mol. The molecule has 2 aromatic rings. The van der Waals surface area contributed by atoms with E-state index in [9.17, 15) is 9.90 Å². The van der Waals surface area contributed by atoms with Crippen LogP contribution in [0, 0.1) is 0 Å². The molecule has 0 radical (unpaired) electrons. The van der Waals surface area contributed by atoms with Gasteiger partial charge in [0, 0.05) is 17.8 Å². The Balaban J connectivity index is 1.79. The molecule has 0 saturated carbocycles. The summed E-state index contributed by atoms with van der Waals surface area (Å²) in [5.74, 6) is 0.346. The second-order valence-corrected chi connectivity index (χ2v) is 6.12. The normalized spacial score (nSPS) is 18.6. The molecule has 3 heterocycles. The molecule has 0 fully saturated rings. The summed E-state index contributed by atoms with van der Waals surface area (Å²) in [7, 11) is 0. The monoisotopic (exact) mass is 307 g/mol. The molecule has 0 aliphatic carbocycles. The maximum absolute atomic E-state index is 11.6. The average Bonchev–Trinajstić information content (AvgIpc) is 3.07. The molecule has 1 aliphatic heterocycles. The van der Waals surface area contributed by atoms with Crippen LogP contribution >= 0.6 is 11.3 Å². The van der Waals surface area contributed by atoms with E-state index in [1.54, 1.807) is 11.3 Å². The summed E-state index contributed by atoms with van der Waals surface area (Å²) < 4.78 is 5.22. The van der Waals surface area contributed by atoms with Gasteiger partial charge in [-0.05, 0) is 29.9 Å². The highest BCUT2D eigenvalue weighted by Crippen LogP contribution is 2.34. The lowest BCUT2D eigenvalue weighted by atomic mass is 10.00. The zero-order valence-electron chi connectivity index (χ0n) is 11.8. The first-order valence-corrected chi connectivity index (χ1v) is 7.91. The molecule has 7 heteroatoms. The van der Waals surface area contributed by atoms with Gasteiger partial charge in [-0.2, -0.15) is 4.98 Å². The van der Waals surface area contributed by atoms with Gasteiger partial charge in [-0.1, -0.05) is 12.1 Å². The number of fused-ring (bicyclic) bond motifs is 1. The molecule has 0 saturated heterocycles. The highest BCUT2D eigenvalue weighted by atomic mass is 32.1. The van der Waals surface area contributed by atoms with Crippen molar-refractivity contribution in [3.63, 3.8) is 0 Å². The summed E-state index contributed by atoms with van der Waals surface area (Å²) in [5.41, 5.74) is 0.895. The van der Waals surface area contributed by atoms with Gasteiger partial charge in [-0.3, -0.25) is 9.69 Å². The Bertz CT molecular complexity index is 637. The van der Waals surface area contributed by atoms with Crippen LogP contribution in [0.4, 0.5) is 0 Å². The first kappa shape index (κ1) is 14.2. The number of hydrogen-bond donors (Lipinski definition) is 1. The van der Waals surface area contributed by atoms with Gasteiger partial charge < -0.3 is 9.63 Å². The van der Waals surface area contributed by atoms with E-state index >= 15 is 0 Å². The average molecular weight is 307 g/mol. The highest BCUT2D eigenvalue weighted by Gasteiger charge is 2.34. The number of carboxylic acids is 1. The van der Waals surface area contributed by atoms with Crippen LogP contribution in [-0.4, -0.2) is 32.7 Å². The lowest BCUT2D eigenvalue weighted by Crippen LogP contribution is -2.38. The molecule has 1 unspecified atom stereocenters. The molecule has 112 valence electrons. The van der Waals surface area contributed by atoms with Crippen LogP contribution in [0.25, 0.3) is 0 Å². The number of rotatable bonds is 5. The number of hydrogen-bond acceptors (Lipinski definition) is 6. The number of thiophene rings is 1. The van der Waals surface area contributed by atoms with Crippen LogP contribution in [0.1, 0.15) is 41.5 Å². The van der Waals surface area contributed by atoms with Gasteiger partial charge in [0.2, 0.25) is 5.89 Å². The first-order valence-electron chi connectivity index (χ1n) is 7.03. The SMILES string of the molecule is CCCc1noc(CN2CCc3sccc3C2C(=O)O)n1. The van der Waals surface area contributed by atoms with Crippen LogP contribution in [0.2, 0.25) is 0 Å². The number of aliphatic carboxylic acids is 1. The van der Waals surface area contributed by atoms with Crippen molar-refractivity contribution < 1.29 is 14.4 Å². The second-order valence-electron chi connectivity index (χ2n) is 5.11. The number of carbonyl (C=O) groups is 1. The molecule has 6 nitrogen and oxygen atoms in total. The van der Waals surface area contributed by atoms with E-state index < -0.39 is 12.0 Å². The third-order valence-electron chi connectivity index (χ3n) is 3.62. The van der Waals surface area contributed by atoms with Gasteiger partial charge >= 0.3 is 5.97 Å². The molecule has 1 N–H and O–H groups in total. The van der Waals surface area contributed by atoms with Gasteiger partial charge in [0.05, 0.1) is 6.54 Å². The minimum absolute atomic E-state index is 0.378. The van der Waals surface area contributed by atoms with E-state index in [1.807, 2.05) is 16.3 Å². The number of aryl methyl sites for hydroxylation is 1. The van der Waals surface area contributed by atoms with Crippen molar-refractivity contribution in [2.24, 2.45) is 0 Å². The molecule has 1 aliphatic rings. The van der Waals surface area contributed by atoms with Crippen LogP contribution < -0.4 is 0 Å². The standard InChI is InChI=1S/C14H17N3O3S/c1-2-3-11-15-12(20-16-11)8-17-6-4-10-9(5-7-21-10)13(17)14(18)19/h5,7,13H,2-4,6,8H2,1H3,(H,18,19). The Kier molecular flexibility index (Phi) is 4.03. The fraction of sp³-hybridized carbons (Fsp3) is 0.500. The van der Waals surface area contributed by atoms with Crippen molar-refractivity contribution in [3.05, 3.63) is 33.6 Å². The Morgan fingerprint density at radius 1 is 1.62 bits per heavy atom. The molecular weight excluding hydrogens is 290 g/mol. The fourth-order valence-corrected chi connectivity index (χ4v) is 3.58. The summed E-state index contributed by atoms with van der Waals surface area (Å²) in [6, 6.07) is 1.28. The Morgan fingerprint density at radius 3 is 3.24 bits per heavy atom. The van der Waals surface area contributed by atoms with Crippen molar-refractivity contribution in [2.45, 2.75) is 38.8 Å². The van der Waals surface area contributed by atoms with Crippen molar-refractivity contribution in [2.75, 3.05) is 6.54 Å². The number of carboxylic acid groups (broad SMARTS) is 1. The van der Waals surface area contributed by atoms with Gasteiger partial charge in [0.1, 0.15) is 6.04 Å². The summed E-state index contributed by atoms with van der Waals surface area (Å²) in [6.45, 7) is 3.12. The second kappa shape index (κ2) is 5.95. The van der Waals surface area contributed by atoms with E-state index in [0.717, 1.165) is 29.7 Å². The van der Waals surface area contributed by atoms with E-state index in [4.69, 9.17) is 4.52 Å².